The molecule has 1 N–H and O–H groups in total. The highest BCUT2D eigenvalue weighted by molar-refractivity contribution is 9.10. The molecule has 1 saturated carbocycles. The second-order valence-corrected chi connectivity index (χ2v) is 9.23. The lowest BCUT2D eigenvalue weighted by molar-refractivity contribution is -0.157. The number of aliphatic hydroxyl groups excluding tert-OH is 1. The first-order valence-electron chi connectivity index (χ1n) is 10.0. The number of halogens is 1. The molecule has 150 valence electrons. The average molecular weight is 439 g/mol. The van der Waals surface area contributed by atoms with Gasteiger partial charge in [0.25, 0.3) is 0 Å². The molecule has 0 aromatic carbocycles. The van der Waals surface area contributed by atoms with Crippen molar-refractivity contribution in [2.45, 2.75) is 78.4 Å². The molecule has 0 amide bonds. The number of aryl methyl sites for hydroxylation is 2. The third kappa shape index (κ3) is 4.16. The van der Waals surface area contributed by atoms with Crippen molar-refractivity contribution in [3.05, 3.63) is 21.4 Å². The Labute approximate surface area is 170 Å². The standard InChI is InChI=1S/C21H31BrN2O3/c1-13(2)27-20(26)19(25)16-14(3)23-15(4)17(22)18(16)24-11-9-21(10-12-24)7-5-6-8-21/h13,19,25H,5-12H2,1-4H3. The van der Waals surface area contributed by atoms with Crippen molar-refractivity contribution in [3.63, 3.8) is 0 Å². The van der Waals surface area contributed by atoms with Gasteiger partial charge in [-0.2, -0.15) is 0 Å². The van der Waals surface area contributed by atoms with Crippen molar-refractivity contribution < 1.29 is 14.6 Å². The lowest BCUT2D eigenvalue weighted by atomic mass is 9.77. The number of hydrogen-bond donors (Lipinski definition) is 1. The van der Waals surface area contributed by atoms with Gasteiger partial charge in [-0.3, -0.25) is 4.98 Å². The summed E-state index contributed by atoms with van der Waals surface area (Å²) in [4.78, 5) is 19.3. The monoisotopic (exact) mass is 438 g/mol. The van der Waals surface area contributed by atoms with Crippen molar-refractivity contribution in [2.75, 3.05) is 18.0 Å². The topological polar surface area (TPSA) is 62.7 Å². The van der Waals surface area contributed by atoms with E-state index in [1.165, 1.54) is 38.5 Å². The van der Waals surface area contributed by atoms with E-state index in [1.54, 1.807) is 13.8 Å². The van der Waals surface area contributed by atoms with Gasteiger partial charge in [-0.25, -0.2) is 4.79 Å². The van der Waals surface area contributed by atoms with Gasteiger partial charge in [0.1, 0.15) is 0 Å². The molecule has 1 aromatic heterocycles. The molecule has 2 aliphatic rings. The van der Waals surface area contributed by atoms with Gasteiger partial charge in [0.2, 0.25) is 0 Å². The van der Waals surface area contributed by atoms with Gasteiger partial charge >= 0.3 is 5.97 Å². The molecule has 1 unspecified atom stereocenters. The predicted octanol–water partition coefficient (Wildman–Crippen LogP) is 4.61. The maximum atomic E-state index is 12.4. The maximum absolute atomic E-state index is 12.4. The SMILES string of the molecule is Cc1nc(C)c(C(O)C(=O)OC(C)C)c(N2CCC3(CCCC3)CC2)c1Br. The van der Waals surface area contributed by atoms with E-state index in [2.05, 4.69) is 25.8 Å². The van der Waals surface area contributed by atoms with Crippen LogP contribution in [0.3, 0.4) is 0 Å². The summed E-state index contributed by atoms with van der Waals surface area (Å²) in [6.07, 6.45) is 6.13. The summed E-state index contributed by atoms with van der Waals surface area (Å²) in [6, 6.07) is 0. The predicted molar refractivity (Wildman–Crippen MR) is 110 cm³/mol. The molecule has 1 spiro atoms. The van der Waals surface area contributed by atoms with Crippen molar-refractivity contribution in [1.82, 2.24) is 4.98 Å². The number of carbonyl (C=O) groups excluding carboxylic acids is 1. The number of esters is 1. The summed E-state index contributed by atoms with van der Waals surface area (Å²) in [5, 5.41) is 10.8. The van der Waals surface area contributed by atoms with Crippen LogP contribution in [0.4, 0.5) is 5.69 Å². The minimum absolute atomic E-state index is 0.269. The van der Waals surface area contributed by atoms with Gasteiger partial charge in [0.05, 0.1) is 22.0 Å². The number of aromatic nitrogens is 1. The first-order chi connectivity index (χ1) is 12.7. The summed E-state index contributed by atoms with van der Waals surface area (Å²) >= 11 is 3.68. The zero-order chi connectivity index (χ0) is 19.8. The van der Waals surface area contributed by atoms with E-state index < -0.39 is 12.1 Å². The Balaban J connectivity index is 1.93. The number of aliphatic hydroxyl groups is 1. The molecule has 1 atom stereocenters. The number of rotatable bonds is 4. The summed E-state index contributed by atoms with van der Waals surface area (Å²) in [5.74, 6) is -0.615. The zero-order valence-electron chi connectivity index (χ0n) is 16.8. The highest BCUT2D eigenvalue weighted by Crippen LogP contribution is 2.48. The van der Waals surface area contributed by atoms with Crippen molar-refractivity contribution >= 4 is 27.6 Å². The van der Waals surface area contributed by atoms with E-state index in [0.717, 1.165) is 28.9 Å². The molecule has 2 heterocycles. The van der Waals surface area contributed by atoms with Gasteiger partial charge in [0.15, 0.2) is 6.10 Å². The minimum atomic E-state index is -1.32. The second kappa shape index (κ2) is 8.08. The average Bonchev–Trinajstić information content (AvgIpc) is 3.06. The molecule has 1 saturated heterocycles. The molecule has 2 fully saturated rings. The third-order valence-electron chi connectivity index (χ3n) is 6.16. The van der Waals surface area contributed by atoms with Crippen LogP contribution in [0.15, 0.2) is 4.47 Å². The fourth-order valence-electron chi connectivity index (χ4n) is 4.70. The quantitative estimate of drug-likeness (QED) is 0.695. The summed E-state index contributed by atoms with van der Waals surface area (Å²) in [6.45, 7) is 9.26. The van der Waals surface area contributed by atoms with E-state index >= 15 is 0 Å². The molecule has 1 aliphatic carbocycles. The smallest absolute Gasteiger partial charge is 0.340 e. The van der Waals surface area contributed by atoms with E-state index in [9.17, 15) is 9.90 Å². The van der Waals surface area contributed by atoms with Crippen LogP contribution in [0.2, 0.25) is 0 Å². The van der Waals surface area contributed by atoms with Gasteiger partial charge in [-0.1, -0.05) is 12.8 Å². The fourth-order valence-corrected chi connectivity index (χ4v) is 5.26. The third-order valence-corrected chi connectivity index (χ3v) is 7.11. The Morgan fingerprint density at radius 3 is 2.30 bits per heavy atom. The van der Waals surface area contributed by atoms with Crippen molar-refractivity contribution in [2.24, 2.45) is 5.41 Å². The molecule has 1 aromatic rings. The van der Waals surface area contributed by atoms with Gasteiger partial charge in [-0.15, -0.1) is 0 Å². The van der Waals surface area contributed by atoms with E-state index in [0.29, 0.717) is 16.7 Å². The number of pyridine rings is 1. The van der Waals surface area contributed by atoms with Crippen LogP contribution in [0, 0.1) is 19.3 Å². The molecular weight excluding hydrogens is 408 g/mol. The number of piperidine rings is 1. The lowest BCUT2D eigenvalue weighted by Gasteiger charge is -2.42. The van der Waals surface area contributed by atoms with Crippen LogP contribution in [-0.2, 0) is 9.53 Å². The highest BCUT2D eigenvalue weighted by atomic mass is 79.9. The van der Waals surface area contributed by atoms with Crippen molar-refractivity contribution in [1.29, 1.82) is 0 Å². The number of nitrogens with zero attached hydrogens (tertiary/aromatic N) is 2. The van der Waals surface area contributed by atoms with Crippen LogP contribution >= 0.6 is 15.9 Å². The molecule has 3 rings (SSSR count). The first-order valence-corrected chi connectivity index (χ1v) is 10.8. The number of anilines is 1. The Morgan fingerprint density at radius 1 is 1.15 bits per heavy atom. The molecular formula is C21H31BrN2O3. The molecule has 0 bridgehead atoms. The Hall–Kier alpha value is -1.14. The van der Waals surface area contributed by atoms with Crippen molar-refractivity contribution in [3.8, 4) is 0 Å². The maximum Gasteiger partial charge on any atom is 0.340 e. The molecule has 5 nitrogen and oxygen atoms in total. The number of hydrogen-bond acceptors (Lipinski definition) is 5. The second-order valence-electron chi connectivity index (χ2n) is 8.44. The molecule has 1 aliphatic heterocycles. The van der Waals surface area contributed by atoms with E-state index in [-0.39, 0.29) is 6.10 Å². The molecule has 27 heavy (non-hydrogen) atoms. The van der Waals surface area contributed by atoms with E-state index in [1.807, 2.05) is 13.8 Å². The molecule has 0 radical (unpaired) electrons. The normalized spacial score (nSPS) is 20.3. The minimum Gasteiger partial charge on any atom is -0.461 e. The Bertz CT molecular complexity index is 704. The van der Waals surface area contributed by atoms with Crippen LogP contribution in [0.25, 0.3) is 0 Å². The molecule has 6 heteroatoms. The largest absolute Gasteiger partial charge is 0.461 e. The van der Waals surface area contributed by atoms with Crippen LogP contribution in [0.1, 0.15) is 75.4 Å². The fraction of sp³-hybridized carbons (Fsp3) is 0.714. The number of carbonyl (C=O) groups is 1. The summed E-state index contributed by atoms with van der Waals surface area (Å²) in [5.41, 5.74) is 3.54. The van der Waals surface area contributed by atoms with Gasteiger partial charge in [0, 0.05) is 24.3 Å². The number of ether oxygens (including phenoxy) is 1. The summed E-state index contributed by atoms with van der Waals surface area (Å²) in [7, 11) is 0. The van der Waals surface area contributed by atoms with Gasteiger partial charge < -0.3 is 14.7 Å². The van der Waals surface area contributed by atoms with E-state index in [4.69, 9.17) is 4.74 Å². The summed E-state index contributed by atoms with van der Waals surface area (Å²) < 4.78 is 6.12. The van der Waals surface area contributed by atoms with Gasteiger partial charge in [-0.05, 0) is 74.7 Å². The Kier molecular flexibility index (Phi) is 6.16. The Morgan fingerprint density at radius 2 is 1.74 bits per heavy atom. The zero-order valence-corrected chi connectivity index (χ0v) is 18.4. The van der Waals surface area contributed by atoms with Crippen LogP contribution in [0.5, 0.6) is 0 Å². The van der Waals surface area contributed by atoms with Crippen LogP contribution < -0.4 is 4.90 Å². The highest BCUT2D eigenvalue weighted by Gasteiger charge is 2.39. The lowest BCUT2D eigenvalue weighted by Crippen LogP contribution is -2.40. The first kappa shape index (κ1) is 20.6. The van der Waals surface area contributed by atoms with Crippen LogP contribution in [-0.4, -0.2) is 35.3 Å².